The van der Waals surface area contributed by atoms with Crippen molar-refractivity contribution in [1.29, 1.82) is 0 Å². The van der Waals surface area contributed by atoms with Gasteiger partial charge < -0.3 is 40.0 Å². The maximum absolute atomic E-state index is 11.8. The molecule has 2 aliphatic rings. The van der Waals surface area contributed by atoms with Crippen LogP contribution in [0.4, 0.5) is 0 Å². The molecule has 0 bridgehead atoms. The highest BCUT2D eigenvalue weighted by Gasteiger charge is 2.17. The Kier molecular flexibility index (Phi) is 46.8. The fourth-order valence-corrected chi connectivity index (χ4v) is 11.7. The largest absolute Gasteiger partial charge is 0.481 e. The number of aliphatic carboxylic acids is 1. The van der Waals surface area contributed by atoms with Crippen LogP contribution in [0.3, 0.4) is 0 Å². The Bertz CT molecular complexity index is 1050. The van der Waals surface area contributed by atoms with Crippen molar-refractivity contribution in [2.24, 2.45) is 0 Å². The Morgan fingerprint density at radius 1 is 0.525 bits per heavy atom. The lowest BCUT2D eigenvalue weighted by molar-refractivity contribution is -0.137. The van der Waals surface area contributed by atoms with Crippen molar-refractivity contribution in [3.63, 3.8) is 0 Å². The molecule has 2 heterocycles. The molecule has 346 valence electrons. The number of amides is 3. The minimum atomic E-state index is -0.738. The summed E-state index contributed by atoms with van der Waals surface area (Å²) in [7, 11) is 7.96. The predicted molar refractivity (Wildman–Crippen MR) is 252 cm³/mol. The Balaban J connectivity index is 0. The van der Waals surface area contributed by atoms with Gasteiger partial charge in [0.25, 0.3) is 0 Å². The number of rotatable bonds is 37. The summed E-state index contributed by atoms with van der Waals surface area (Å²) in [5.41, 5.74) is 0. The number of carbonyl (C=O) groups excluding carboxylic acids is 3. The molecular weight excluding hydrogens is 831 g/mol. The van der Waals surface area contributed by atoms with Crippen LogP contribution in [-0.4, -0.2) is 123 Å². The lowest BCUT2D eigenvalue weighted by atomic mass is 10.1. The third-order valence-electron chi connectivity index (χ3n) is 8.89. The summed E-state index contributed by atoms with van der Waals surface area (Å²) in [5, 5.41) is 18.7. The normalized spacial score (nSPS) is 15.5. The van der Waals surface area contributed by atoms with Crippen LogP contribution >= 0.6 is 43.2 Å². The molecule has 2 fully saturated rings. The van der Waals surface area contributed by atoms with Gasteiger partial charge in [0.2, 0.25) is 17.7 Å². The van der Waals surface area contributed by atoms with Crippen LogP contribution in [0.1, 0.15) is 143 Å². The van der Waals surface area contributed by atoms with Gasteiger partial charge in [0.05, 0.1) is 33.0 Å². The Morgan fingerprint density at radius 3 is 1.31 bits per heavy atom. The molecule has 2 saturated heterocycles. The summed E-state index contributed by atoms with van der Waals surface area (Å²) in [4.78, 5) is 45.2. The van der Waals surface area contributed by atoms with Gasteiger partial charge in [-0.3, -0.25) is 19.2 Å². The van der Waals surface area contributed by atoms with Crippen LogP contribution in [0.25, 0.3) is 0 Å². The summed E-state index contributed by atoms with van der Waals surface area (Å²) in [6.07, 6.45) is 23.3. The van der Waals surface area contributed by atoms with Crippen molar-refractivity contribution in [3.8, 4) is 12.3 Å². The van der Waals surface area contributed by atoms with Crippen LogP contribution < -0.4 is 16.0 Å². The van der Waals surface area contributed by atoms with E-state index in [1.54, 1.807) is 0 Å². The minimum Gasteiger partial charge on any atom is -0.481 e. The van der Waals surface area contributed by atoms with E-state index in [2.05, 4.69) is 21.9 Å². The molecule has 0 aliphatic carbocycles. The van der Waals surface area contributed by atoms with Gasteiger partial charge in [0.15, 0.2) is 0 Å². The molecule has 16 heteroatoms. The van der Waals surface area contributed by atoms with E-state index in [4.69, 9.17) is 30.5 Å². The highest BCUT2D eigenvalue weighted by molar-refractivity contribution is 8.77. The average Bonchev–Trinajstić information content (AvgIpc) is 3.93. The summed E-state index contributed by atoms with van der Waals surface area (Å²) in [6.45, 7) is 6.48. The third kappa shape index (κ3) is 43.1. The van der Waals surface area contributed by atoms with Crippen LogP contribution in [0.15, 0.2) is 0 Å². The molecule has 0 aromatic carbocycles. The first-order valence-corrected chi connectivity index (χ1v) is 26.0. The van der Waals surface area contributed by atoms with E-state index in [1.165, 1.54) is 37.2 Å². The predicted octanol–water partition coefficient (Wildman–Crippen LogP) is 8.71. The maximum atomic E-state index is 11.8. The van der Waals surface area contributed by atoms with E-state index in [0.717, 1.165) is 81.1 Å². The van der Waals surface area contributed by atoms with E-state index in [1.807, 2.05) is 43.2 Å². The van der Waals surface area contributed by atoms with Gasteiger partial charge in [-0.15, -0.1) is 6.42 Å². The monoisotopic (exact) mass is 911 g/mol. The van der Waals surface area contributed by atoms with Gasteiger partial charge in [-0.05, 0) is 77.0 Å². The quantitative estimate of drug-likeness (QED) is 0.0267. The second-order valence-electron chi connectivity index (χ2n) is 14.0. The van der Waals surface area contributed by atoms with Crippen molar-refractivity contribution in [3.05, 3.63) is 0 Å². The SMILES string of the molecule is C.C.C#CCNC(=O)CCCCCOCCOCCCNC(=O)CCCC[C@@H]1CCSS1.O=C(O)CCCCCOCCOCCCNC(=O)CCCC[C@@H]1CCSS1. The van der Waals surface area contributed by atoms with Crippen molar-refractivity contribution in [1.82, 2.24) is 16.0 Å². The Morgan fingerprint density at radius 2 is 0.915 bits per heavy atom. The molecule has 0 aromatic heterocycles. The van der Waals surface area contributed by atoms with Crippen molar-refractivity contribution < 1.29 is 43.2 Å². The Labute approximate surface area is 374 Å². The third-order valence-corrected chi connectivity index (χ3v) is 14.9. The highest BCUT2D eigenvalue weighted by atomic mass is 33.1. The topological polar surface area (TPSA) is 162 Å². The van der Waals surface area contributed by atoms with Crippen LogP contribution in [0.5, 0.6) is 0 Å². The van der Waals surface area contributed by atoms with E-state index < -0.39 is 5.97 Å². The summed E-state index contributed by atoms with van der Waals surface area (Å²) >= 11 is 0. The molecule has 0 unspecified atom stereocenters. The van der Waals surface area contributed by atoms with E-state index >= 15 is 0 Å². The number of carboxylic acid groups (broad SMARTS) is 1. The molecule has 4 N–H and O–H groups in total. The smallest absolute Gasteiger partial charge is 0.303 e. The molecule has 0 spiro atoms. The molecule has 3 amide bonds. The van der Waals surface area contributed by atoms with Gasteiger partial charge in [-0.1, -0.05) is 89.6 Å². The van der Waals surface area contributed by atoms with Crippen LogP contribution in [-0.2, 0) is 38.1 Å². The number of hydrogen-bond acceptors (Lipinski definition) is 12. The highest BCUT2D eigenvalue weighted by Crippen LogP contribution is 2.40. The molecule has 2 atom stereocenters. The van der Waals surface area contributed by atoms with Gasteiger partial charge in [0, 0.05) is 87.2 Å². The Hall–Kier alpha value is -1.32. The van der Waals surface area contributed by atoms with Crippen LogP contribution in [0.2, 0.25) is 0 Å². The first kappa shape index (κ1) is 59.8. The second kappa shape index (κ2) is 46.2. The molecule has 0 radical (unpaired) electrons. The molecule has 2 aliphatic heterocycles. The number of carbonyl (C=O) groups is 4. The summed E-state index contributed by atoms with van der Waals surface area (Å²) in [6, 6.07) is 0. The number of ether oxygens (including phenoxy) is 4. The number of terminal acetylenes is 1. The fraction of sp³-hybridized carbons (Fsp3) is 0.860. The number of unbranched alkanes of at least 4 members (excludes halogenated alkanes) is 6. The van der Waals surface area contributed by atoms with E-state index in [0.29, 0.717) is 98.2 Å². The first-order valence-electron chi connectivity index (χ1n) is 21.2. The lowest BCUT2D eigenvalue weighted by Crippen LogP contribution is -2.25. The zero-order valence-corrected chi connectivity index (χ0v) is 37.7. The van der Waals surface area contributed by atoms with Crippen molar-refractivity contribution >= 4 is 66.9 Å². The molecule has 0 saturated carbocycles. The zero-order chi connectivity index (χ0) is 41.3. The zero-order valence-electron chi connectivity index (χ0n) is 34.4. The first-order chi connectivity index (χ1) is 27.9. The van der Waals surface area contributed by atoms with Gasteiger partial charge >= 0.3 is 5.97 Å². The maximum Gasteiger partial charge on any atom is 0.303 e. The van der Waals surface area contributed by atoms with Crippen LogP contribution in [0, 0.1) is 12.3 Å². The van der Waals surface area contributed by atoms with Gasteiger partial charge in [-0.2, -0.15) is 0 Å². The van der Waals surface area contributed by atoms with Gasteiger partial charge in [0.1, 0.15) is 0 Å². The summed E-state index contributed by atoms with van der Waals surface area (Å²) in [5.74, 6) is 4.51. The number of nitrogens with one attached hydrogen (secondary N) is 3. The summed E-state index contributed by atoms with van der Waals surface area (Å²) < 4.78 is 21.9. The minimum absolute atomic E-state index is 0. The lowest BCUT2D eigenvalue weighted by Gasteiger charge is -2.08. The average molecular weight is 912 g/mol. The van der Waals surface area contributed by atoms with E-state index in [9.17, 15) is 19.2 Å². The fourth-order valence-electron chi connectivity index (χ4n) is 5.63. The van der Waals surface area contributed by atoms with Crippen molar-refractivity contribution in [2.45, 2.75) is 154 Å². The standard InChI is InChI=1S/C22H38N2O4S2.C19H35NO5S2.2CH4/c1-2-13-23-21(25)10-4-3-7-15-27-17-18-28-16-8-14-24-22(26)11-6-5-9-20-12-19-29-30-20;21-18(8-4-3-7-17-10-16-26-27-17)20-11-6-13-25-15-14-24-12-5-1-2-9-19(22)23;;/h1,20H,3-19H2,(H,23,25)(H,24,26);17H,1-16H2,(H,20,21)(H,22,23);2*1H4/t20-;17-;;/m11../s1. The number of hydrogen-bond donors (Lipinski definition) is 4. The number of carboxylic acids is 1. The van der Waals surface area contributed by atoms with E-state index in [-0.39, 0.29) is 39.0 Å². The molecule has 12 nitrogen and oxygen atoms in total. The van der Waals surface area contributed by atoms with Crippen molar-refractivity contribution in [2.75, 3.05) is 84.0 Å². The molecule has 0 aromatic rings. The molecule has 59 heavy (non-hydrogen) atoms. The second-order valence-corrected chi connectivity index (χ2v) is 19.6. The molecule has 2 rings (SSSR count). The molecular formula is C43H81N3O9S4. The van der Waals surface area contributed by atoms with Gasteiger partial charge in [-0.25, -0.2) is 0 Å².